The first-order chi connectivity index (χ1) is 10.1. The Balaban J connectivity index is 1.96. The number of nitrogens with two attached hydrogens (primary N) is 2. The van der Waals surface area contributed by atoms with E-state index in [1.54, 1.807) is 23.1 Å². The van der Waals surface area contributed by atoms with E-state index in [-0.39, 0.29) is 0 Å². The molecule has 6 nitrogen and oxygen atoms in total. The number of carbonyl (C=O) groups is 1. The summed E-state index contributed by atoms with van der Waals surface area (Å²) in [6, 6.07) is 7.44. The van der Waals surface area contributed by atoms with Gasteiger partial charge in [-0.3, -0.25) is 14.5 Å². The van der Waals surface area contributed by atoms with Crippen LogP contribution < -0.4 is 11.5 Å². The van der Waals surface area contributed by atoms with Gasteiger partial charge in [-0.15, -0.1) is 11.3 Å². The molecule has 3 rings (SSSR count). The third-order valence-corrected chi connectivity index (χ3v) is 4.17. The second-order valence-electron chi connectivity index (χ2n) is 4.52. The number of carbonyl (C=O) groups excluding carboxylic acids is 1. The molecule has 0 bridgehead atoms. The van der Waals surface area contributed by atoms with Crippen molar-refractivity contribution in [3.8, 4) is 21.8 Å². The lowest BCUT2D eigenvalue weighted by molar-refractivity contribution is 0.100. The Kier molecular flexibility index (Phi) is 3.19. The van der Waals surface area contributed by atoms with Gasteiger partial charge in [0.2, 0.25) is 0 Å². The summed E-state index contributed by atoms with van der Waals surface area (Å²) in [5.74, 6) is -0.519. The van der Waals surface area contributed by atoms with Gasteiger partial charge >= 0.3 is 0 Å². The fraction of sp³-hybridized carbons (Fsp3) is 0.0714. The number of nitrogen functional groups attached to an aromatic ring is 1. The van der Waals surface area contributed by atoms with Gasteiger partial charge in [0.1, 0.15) is 0 Å². The van der Waals surface area contributed by atoms with Crippen molar-refractivity contribution in [3.63, 3.8) is 0 Å². The molecule has 0 aromatic carbocycles. The van der Waals surface area contributed by atoms with E-state index in [1.807, 2.05) is 25.2 Å². The van der Waals surface area contributed by atoms with Crippen LogP contribution in [-0.2, 0) is 7.05 Å². The average molecular weight is 299 g/mol. The number of thiophene rings is 1. The molecular weight excluding hydrogens is 286 g/mol. The topological polar surface area (TPSA) is 99.8 Å². The first kappa shape index (κ1) is 13.3. The zero-order chi connectivity index (χ0) is 15.0. The van der Waals surface area contributed by atoms with Gasteiger partial charge in [0.15, 0.2) is 0 Å². The second kappa shape index (κ2) is 5.02. The van der Waals surface area contributed by atoms with Crippen LogP contribution in [0.1, 0.15) is 10.4 Å². The molecule has 0 spiro atoms. The Labute approximate surface area is 125 Å². The van der Waals surface area contributed by atoms with Crippen molar-refractivity contribution in [1.82, 2.24) is 14.8 Å². The highest BCUT2D eigenvalue weighted by molar-refractivity contribution is 7.19. The van der Waals surface area contributed by atoms with Crippen LogP contribution in [0.25, 0.3) is 21.8 Å². The average Bonchev–Trinajstić information content (AvgIpc) is 3.05. The van der Waals surface area contributed by atoms with Crippen molar-refractivity contribution in [1.29, 1.82) is 0 Å². The molecule has 3 heterocycles. The predicted molar refractivity (Wildman–Crippen MR) is 82.7 cm³/mol. The van der Waals surface area contributed by atoms with Gasteiger partial charge in [0.25, 0.3) is 5.91 Å². The number of pyridine rings is 1. The largest absolute Gasteiger partial charge is 0.390 e. The number of nitrogens with zero attached hydrogens (tertiary/aromatic N) is 3. The maximum atomic E-state index is 11.2. The standard InChI is InChI=1S/C14H13N5OS/c1-19-11(4-5-18-19)10-3-2-8(7-17-10)12-6-9(13(15)20)14(16)21-12/h2-7H,16H2,1H3,(H2,15,20). The van der Waals surface area contributed by atoms with Crippen molar-refractivity contribution >= 4 is 22.2 Å². The van der Waals surface area contributed by atoms with E-state index in [2.05, 4.69) is 10.1 Å². The fourth-order valence-corrected chi connectivity index (χ4v) is 2.98. The molecule has 0 unspecified atom stereocenters. The molecule has 1 amide bonds. The van der Waals surface area contributed by atoms with Gasteiger partial charge in [-0.2, -0.15) is 5.10 Å². The maximum Gasteiger partial charge on any atom is 0.251 e. The monoisotopic (exact) mass is 299 g/mol. The molecule has 0 aliphatic heterocycles. The van der Waals surface area contributed by atoms with E-state index < -0.39 is 5.91 Å². The number of aromatic nitrogens is 3. The SMILES string of the molecule is Cn1nccc1-c1ccc(-c2cc(C(N)=O)c(N)s2)cn1. The van der Waals surface area contributed by atoms with Crippen molar-refractivity contribution < 1.29 is 4.79 Å². The van der Waals surface area contributed by atoms with Gasteiger partial charge in [-0.25, -0.2) is 0 Å². The van der Waals surface area contributed by atoms with E-state index in [1.165, 1.54) is 11.3 Å². The molecule has 0 saturated heterocycles. The van der Waals surface area contributed by atoms with Crippen molar-refractivity contribution in [2.45, 2.75) is 0 Å². The first-order valence-electron chi connectivity index (χ1n) is 6.20. The normalized spacial score (nSPS) is 10.7. The lowest BCUT2D eigenvalue weighted by Crippen LogP contribution is -2.11. The maximum absolute atomic E-state index is 11.2. The van der Waals surface area contributed by atoms with Crippen molar-refractivity contribution in [3.05, 3.63) is 42.2 Å². The van der Waals surface area contributed by atoms with Gasteiger partial charge in [0.05, 0.1) is 22.0 Å². The molecule has 0 saturated carbocycles. The summed E-state index contributed by atoms with van der Waals surface area (Å²) in [5.41, 5.74) is 14.1. The quantitative estimate of drug-likeness (QED) is 0.771. The molecule has 0 atom stereocenters. The molecule has 4 N–H and O–H groups in total. The Morgan fingerprint density at radius 2 is 2.14 bits per heavy atom. The highest BCUT2D eigenvalue weighted by Crippen LogP contribution is 2.33. The van der Waals surface area contributed by atoms with Crippen LogP contribution in [0.3, 0.4) is 0 Å². The zero-order valence-corrected chi connectivity index (χ0v) is 12.1. The summed E-state index contributed by atoms with van der Waals surface area (Å²) >= 11 is 1.32. The lowest BCUT2D eigenvalue weighted by atomic mass is 10.1. The Morgan fingerprint density at radius 1 is 1.33 bits per heavy atom. The lowest BCUT2D eigenvalue weighted by Gasteiger charge is -2.02. The number of hydrogen-bond acceptors (Lipinski definition) is 5. The zero-order valence-electron chi connectivity index (χ0n) is 11.3. The number of rotatable bonds is 3. The molecule has 0 radical (unpaired) electrons. The molecule has 21 heavy (non-hydrogen) atoms. The number of anilines is 1. The Hall–Kier alpha value is -2.67. The molecule has 0 aliphatic rings. The molecule has 3 aromatic heterocycles. The van der Waals surface area contributed by atoms with E-state index in [0.29, 0.717) is 10.6 Å². The van der Waals surface area contributed by atoms with E-state index in [9.17, 15) is 4.79 Å². The molecule has 3 aromatic rings. The molecule has 0 fully saturated rings. The van der Waals surface area contributed by atoms with Crippen LogP contribution >= 0.6 is 11.3 Å². The summed E-state index contributed by atoms with van der Waals surface area (Å²) in [6.45, 7) is 0. The smallest absolute Gasteiger partial charge is 0.251 e. The summed E-state index contributed by atoms with van der Waals surface area (Å²) in [5, 5.41) is 4.54. The Bertz CT molecular complexity index is 803. The number of amides is 1. The molecule has 7 heteroatoms. The minimum Gasteiger partial charge on any atom is -0.390 e. The highest BCUT2D eigenvalue weighted by Gasteiger charge is 2.13. The summed E-state index contributed by atoms with van der Waals surface area (Å²) in [6.07, 6.45) is 3.47. The molecular formula is C14H13N5OS. The van der Waals surface area contributed by atoms with Gasteiger partial charge in [0, 0.05) is 29.9 Å². The Morgan fingerprint density at radius 3 is 2.67 bits per heavy atom. The van der Waals surface area contributed by atoms with Gasteiger partial charge in [-0.1, -0.05) is 0 Å². The minimum absolute atomic E-state index is 0.353. The molecule has 106 valence electrons. The van der Waals surface area contributed by atoms with Gasteiger partial charge in [-0.05, 0) is 24.3 Å². The summed E-state index contributed by atoms with van der Waals surface area (Å²) in [4.78, 5) is 16.5. The fourth-order valence-electron chi connectivity index (χ4n) is 2.06. The van der Waals surface area contributed by atoms with Crippen LogP contribution in [0.4, 0.5) is 5.00 Å². The van der Waals surface area contributed by atoms with E-state index in [0.717, 1.165) is 21.8 Å². The van der Waals surface area contributed by atoms with Crippen LogP contribution in [0, 0.1) is 0 Å². The second-order valence-corrected chi connectivity index (χ2v) is 5.61. The van der Waals surface area contributed by atoms with Gasteiger partial charge < -0.3 is 11.5 Å². The first-order valence-corrected chi connectivity index (χ1v) is 7.02. The minimum atomic E-state index is -0.519. The van der Waals surface area contributed by atoms with E-state index in [4.69, 9.17) is 11.5 Å². The van der Waals surface area contributed by atoms with E-state index >= 15 is 0 Å². The number of aryl methyl sites for hydroxylation is 1. The highest BCUT2D eigenvalue weighted by atomic mass is 32.1. The van der Waals surface area contributed by atoms with Crippen molar-refractivity contribution in [2.75, 3.05) is 5.73 Å². The van der Waals surface area contributed by atoms with Crippen LogP contribution in [0.15, 0.2) is 36.7 Å². The van der Waals surface area contributed by atoms with Crippen LogP contribution in [-0.4, -0.2) is 20.7 Å². The third kappa shape index (κ3) is 2.38. The van der Waals surface area contributed by atoms with Crippen LogP contribution in [0.2, 0.25) is 0 Å². The van der Waals surface area contributed by atoms with Crippen LogP contribution in [0.5, 0.6) is 0 Å². The summed E-state index contributed by atoms with van der Waals surface area (Å²) < 4.78 is 1.76. The predicted octanol–water partition coefficient (Wildman–Crippen LogP) is 1.89. The summed E-state index contributed by atoms with van der Waals surface area (Å²) in [7, 11) is 1.87. The van der Waals surface area contributed by atoms with Crippen molar-refractivity contribution in [2.24, 2.45) is 12.8 Å². The number of hydrogen-bond donors (Lipinski definition) is 2. The third-order valence-electron chi connectivity index (χ3n) is 3.16. The number of primary amides is 1. The molecule has 0 aliphatic carbocycles.